The van der Waals surface area contributed by atoms with Crippen molar-refractivity contribution >= 4 is 11.9 Å². The highest BCUT2D eigenvalue weighted by Crippen LogP contribution is 2.38. The molecule has 2 aliphatic rings. The van der Waals surface area contributed by atoms with Crippen LogP contribution >= 0.6 is 0 Å². The van der Waals surface area contributed by atoms with Crippen molar-refractivity contribution in [3.63, 3.8) is 0 Å². The lowest BCUT2D eigenvalue weighted by Gasteiger charge is -2.27. The molecular weight excluding hydrogens is 301 g/mol. The van der Waals surface area contributed by atoms with E-state index in [1.807, 2.05) is 11.8 Å². The molecule has 0 aromatic carbocycles. The summed E-state index contributed by atoms with van der Waals surface area (Å²) < 4.78 is 38.9. The second-order valence-electron chi connectivity index (χ2n) is 6.03. The van der Waals surface area contributed by atoms with E-state index >= 15 is 0 Å². The van der Waals surface area contributed by atoms with E-state index in [1.54, 1.807) is 0 Å². The van der Waals surface area contributed by atoms with Gasteiger partial charge in [0.05, 0.1) is 17.9 Å². The van der Waals surface area contributed by atoms with Gasteiger partial charge in [0.15, 0.2) is 0 Å². The van der Waals surface area contributed by atoms with Gasteiger partial charge in [0, 0.05) is 13.1 Å². The third kappa shape index (κ3) is 3.37. The molecule has 2 fully saturated rings. The zero-order valence-electron chi connectivity index (χ0n) is 12.5. The van der Waals surface area contributed by atoms with Crippen molar-refractivity contribution in [3.8, 4) is 0 Å². The second-order valence-corrected chi connectivity index (χ2v) is 6.03. The Balaban J connectivity index is 2.09. The topological polar surface area (TPSA) is 60.9 Å². The normalized spacial score (nSPS) is 30.0. The van der Waals surface area contributed by atoms with Crippen LogP contribution in [-0.2, 0) is 9.59 Å². The SMILES string of the molecule is CCCN1CCCC1C(=O)N1C[C@@H](C(F)(F)F)[C@H](C(=O)O)C1. The van der Waals surface area contributed by atoms with Crippen LogP contribution < -0.4 is 0 Å². The van der Waals surface area contributed by atoms with Crippen molar-refractivity contribution in [3.05, 3.63) is 0 Å². The maximum Gasteiger partial charge on any atom is 0.394 e. The minimum atomic E-state index is -4.60. The van der Waals surface area contributed by atoms with E-state index in [2.05, 4.69) is 0 Å². The molecule has 0 saturated carbocycles. The molecule has 1 N–H and O–H groups in total. The number of amides is 1. The number of likely N-dealkylation sites (tertiary alicyclic amines) is 2. The molecule has 22 heavy (non-hydrogen) atoms. The summed E-state index contributed by atoms with van der Waals surface area (Å²) in [5, 5.41) is 9.00. The van der Waals surface area contributed by atoms with Crippen molar-refractivity contribution in [2.45, 2.75) is 38.4 Å². The largest absolute Gasteiger partial charge is 0.481 e. The van der Waals surface area contributed by atoms with E-state index in [4.69, 9.17) is 5.11 Å². The number of carbonyl (C=O) groups is 2. The zero-order chi connectivity index (χ0) is 16.5. The lowest BCUT2D eigenvalue weighted by Crippen LogP contribution is -2.45. The number of carboxylic acids is 1. The quantitative estimate of drug-likeness (QED) is 0.854. The number of nitrogens with zero attached hydrogens (tertiary/aromatic N) is 2. The van der Waals surface area contributed by atoms with Crippen LogP contribution in [0.15, 0.2) is 0 Å². The molecule has 5 nitrogen and oxygen atoms in total. The van der Waals surface area contributed by atoms with Crippen LogP contribution in [0.2, 0.25) is 0 Å². The standard InChI is InChI=1S/C14H21F3N2O3/c1-2-5-18-6-3-4-11(18)12(20)19-7-9(13(21)22)10(8-19)14(15,16)17/h9-11H,2-8H2,1H3,(H,21,22)/t9-,10-,11?/m1/s1. The highest BCUT2D eigenvalue weighted by atomic mass is 19.4. The minimum absolute atomic E-state index is 0.352. The molecule has 0 bridgehead atoms. The Morgan fingerprint density at radius 3 is 2.45 bits per heavy atom. The number of hydrogen-bond donors (Lipinski definition) is 1. The summed E-state index contributed by atoms with van der Waals surface area (Å²) in [5.74, 6) is -5.39. The number of hydrogen-bond acceptors (Lipinski definition) is 3. The first-order chi connectivity index (χ1) is 10.3. The van der Waals surface area contributed by atoms with Crippen LogP contribution in [0.3, 0.4) is 0 Å². The fourth-order valence-electron chi connectivity index (χ4n) is 3.44. The van der Waals surface area contributed by atoms with Gasteiger partial charge in [0.1, 0.15) is 0 Å². The molecule has 8 heteroatoms. The maximum atomic E-state index is 13.0. The highest BCUT2D eigenvalue weighted by molar-refractivity contribution is 5.83. The summed E-state index contributed by atoms with van der Waals surface area (Å²) in [6.07, 6.45) is -2.26. The van der Waals surface area contributed by atoms with E-state index in [1.165, 1.54) is 0 Å². The number of alkyl halides is 3. The fraction of sp³-hybridized carbons (Fsp3) is 0.857. The van der Waals surface area contributed by atoms with Crippen LogP contribution in [0.4, 0.5) is 13.2 Å². The Labute approximate surface area is 127 Å². The van der Waals surface area contributed by atoms with Crippen molar-refractivity contribution in [2.75, 3.05) is 26.2 Å². The molecule has 0 aromatic rings. The Bertz CT molecular complexity index is 442. The number of halogens is 3. The molecule has 0 spiro atoms. The molecule has 126 valence electrons. The predicted molar refractivity (Wildman–Crippen MR) is 72.1 cm³/mol. The Kier molecular flexibility index (Phi) is 4.99. The van der Waals surface area contributed by atoms with Crippen LogP contribution in [0, 0.1) is 11.8 Å². The minimum Gasteiger partial charge on any atom is -0.481 e. The molecule has 0 radical (unpaired) electrons. The second kappa shape index (κ2) is 6.44. The average Bonchev–Trinajstić information content (AvgIpc) is 3.04. The van der Waals surface area contributed by atoms with Crippen molar-refractivity contribution < 1.29 is 27.9 Å². The molecular formula is C14H21F3N2O3. The van der Waals surface area contributed by atoms with Gasteiger partial charge in [0.2, 0.25) is 5.91 Å². The van der Waals surface area contributed by atoms with Gasteiger partial charge < -0.3 is 10.0 Å². The molecule has 2 rings (SSSR count). The monoisotopic (exact) mass is 322 g/mol. The summed E-state index contributed by atoms with van der Waals surface area (Å²) in [5.41, 5.74) is 0. The fourth-order valence-corrected chi connectivity index (χ4v) is 3.44. The summed E-state index contributed by atoms with van der Waals surface area (Å²) >= 11 is 0. The third-order valence-electron chi connectivity index (χ3n) is 4.53. The van der Waals surface area contributed by atoms with Gasteiger partial charge in [-0.2, -0.15) is 13.2 Å². The van der Waals surface area contributed by atoms with Crippen LogP contribution in [-0.4, -0.2) is 65.2 Å². The van der Waals surface area contributed by atoms with Gasteiger partial charge in [-0.1, -0.05) is 6.92 Å². The first-order valence-corrected chi connectivity index (χ1v) is 7.58. The summed E-state index contributed by atoms with van der Waals surface area (Å²) in [6.45, 7) is 2.58. The third-order valence-corrected chi connectivity index (χ3v) is 4.53. The van der Waals surface area contributed by atoms with Gasteiger partial charge in [0.25, 0.3) is 0 Å². The van der Waals surface area contributed by atoms with Gasteiger partial charge in [-0.05, 0) is 32.4 Å². The number of aliphatic carboxylic acids is 1. The van der Waals surface area contributed by atoms with Crippen molar-refractivity contribution in [1.82, 2.24) is 9.80 Å². The van der Waals surface area contributed by atoms with E-state index in [-0.39, 0.29) is 12.5 Å². The van der Waals surface area contributed by atoms with Crippen LogP contribution in [0.1, 0.15) is 26.2 Å². The maximum absolute atomic E-state index is 13.0. The zero-order valence-corrected chi connectivity index (χ0v) is 12.5. The Hall–Kier alpha value is -1.31. The number of carboxylic acid groups (broad SMARTS) is 1. The first kappa shape index (κ1) is 17.1. The van der Waals surface area contributed by atoms with Gasteiger partial charge in [-0.15, -0.1) is 0 Å². The van der Waals surface area contributed by atoms with Gasteiger partial charge >= 0.3 is 12.1 Å². The van der Waals surface area contributed by atoms with Crippen molar-refractivity contribution in [2.24, 2.45) is 11.8 Å². The molecule has 0 aromatic heterocycles. The van der Waals surface area contributed by atoms with Gasteiger partial charge in [-0.3, -0.25) is 14.5 Å². The summed E-state index contributed by atoms with van der Waals surface area (Å²) in [6, 6.07) is -0.402. The molecule has 2 saturated heterocycles. The smallest absolute Gasteiger partial charge is 0.394 e. The number of rotatable bonds is 4. The summed E-state index contributed by atoms with van der Waals surface area (Å²) in [4.78, 5) is 26.6. The van der Waals surface area contributed by atoms with Gasteiger partial charge in [-0.25, -0.2) is 0 Å². The average molecular weight is 322 g/mol. The lowest BCUT2D eigenvalue weighted by atomic mass is 9.96. The van der Waals surface area contributed by atoms with E-state index in [9.17, 15) is 22.8 Å². The molecule has 1 amide bonds. The van der Waals surface area contributed by atoms with Crippen LogP contribution in [0.25, 0.3) is 0 Å². The first-order valence-electron chi connectivity index (χ1n) is 7.58. The van der Waals surface area contributed by atoms with E-state index in [0.29, 0.717) is 6.42 Å². The highest BCUT2D eigenvalue weighted by Gasteiger charge is 2.54. The molecule has 3 atom stereocenters. The Morgan fingerprint density at radius 1 is 1.27 bits per heavy atom. The van der Waals surface area contributed by atoms with E-state index in [0.717, 1.165) is 30.8 Å². The predicted octanol–water partition coefficient (Wildman–Crippen LogP) is 1.58. The van der Waals surface area contributed by atoms with Crippen molar-refractivity contribution in [1.29, 1.82) is 0 Å². The molecule has 0 aliphatic carbocycles. The molecule has 2 aliphatic heterocycles. The molecule has 1 unspecified atom stereocenters. The molecule has 2 heterocycles. The van der Waals surface area contributed by atoms with E-state index < -0.39 is 36.6 Å². The lowest BCUT2D eigenvalue weighted by molar-refractivity contribution is -0.188. The van der Waals surface area contributed by atoms with Crippen LogP contribution in [0.5, 0.6) is 0 Å². The summed E-state index contributed by atoms with van der Waals surface area (Å²) in [7, 11) is 0. The number of carbonyl (C=O) groups excluding carboxylic acids is 1. The Morgan fingerprint density at radius 2 is 1.95 bits per heavy atom.